The van der Waals surface area contributed by atoms with Crippen LogP contribution in [0.3, 0.4) is 0 Å². The molecule has 2 aromatic rings. The number of para-hydroxylation sites is 2. The van der Waals surface area contributed by atoms with Crippen LogP contribution in [0, 0.1) is 5.82 Å². The second-order valence-electron chi connectivity index (χ2n) is 5.51. The van der Waals surface area contributed by atoms with E-state index in [2.05, 4.69) is 15.4 Å². The van der Waals surface area contributed by atoms with Gasteiger partial charge in [0.05, 0.1) is 11.7 Å². The first-order chi connectivity index (χ1) is 12.3. The quantitative estimate of drug-likeness (QED) is 0.723. The number of carbonyl (C=O) groups excluding carboxylic acids is 1. The lowest BCUT2D eigenvalue weighted by molar-refractivity contribution is -0.274. The third-order valence-corrected chi connectivity index (χ3v) is 4.80. The number of nitrogens with one attached hydrogen (secondary N) is 2. The van der Waals surface area contributed by atoms with Gasteiger partial charge in [0, 0.05) is 10.6 Å². The SMILES string of the molecule is O=C(Nc1ccccc1OC(F)(F)F)NC1CCSc2ccc(F)cc21. The molecule has 1 atom stereocenters. The number of alkyl halides is 3. The van der Waals surface area contributed by atoms with Crippen molar-refractivity contribution >= 4 is 23.5 Å². The number of hydrogen-bond acceptors (Lipinski definition) is 3. The van der Waals surface area contributed by atoms with Crippen molar-refractivity contribution in [2.45, 2.75) is 23.7 Å². The Labute approximate surface area is 150 Å². The van der Waals surface area contributed by atoms with Crippen molar-refractivity contribution in [2.75, 3.05) is 11.1 Å². The Morgan fingerprint density at radius 3 is 2.73 bits per heavy atom. The summed E-state index contributed by atoms with van der Waals surface area (Å²) in [7, 11) is 0. The number of benzene rings is 2. The van der Waals surface area contributed by atoms with Crippen LogP contribution in [0.2, 0.25) is 0 Å². The van der Waals surface area contributed by atoms with E-state index in [-0.39, 0.29) is 5.69 Å². The number of halogens is 4. The molecule has 138 valence electrons. The fourth-order valence-corrected chi connectivity index (χ4v) is 3.72. The van der Waals surface area contributed by atoms with E-state index >= 15 is 0 Å². The highest BCUT2D eigenvalue weighted by Crippen LogP contribution is 2.36. The summed E-state index contributed by atoms with van der Waals surface area (Å²) in [5, 5.41) is 5.02. The van der Waals surface area contributed by atoms with Crippen LogP contribution in [-0.4, -0.2) is 18.1 Å². The van der Waals surface area contributed by atoms with Gasteiger partial charge in [-0.25, -0.2) is 9.18 Å². The molecule has 0 saturated heterocycles. The summed E-state index contributed by atoms with van der Waals surface area (Å²) < 4.78 is 54.7. The molecule has 0 bridgehead atoms. The number of fused-ring (bicyclic) bond motifs is 1. The van der Waals surface area contributed by atoms with Gasteiger partial charge in [0.25, 0.3) is 0 Å². The van der Waals surface area contributed by atoms with E-state index in [9.17, 15) is 22.4 Å². The Bertz CT molecular complexity index is 814. The number of amides is 2. The highest BCUT2D eigenvalue weighted by molar-refractivity contribution is 7.99. The van der Waals surface area contributed by atoms with Gasteiger partial charge in [-0.15, -0.1) is 24.9 Å². The molecule has 26 heavy (non-hydrogen) atoms. The lowest BCUT2D eigenvalue weighted by Crippen LogP contribution is -2.34. The smallest absolute Gasteiger partial charge is 0.404 e. The molecule has 0 aromatic heterocycles. The normalized spacial score (nSPS) is 16.5. The van der Waals surface area contributed by atoms with Gasteiger partial charge in [-0.05, 0) is 42.3 Å². The van der Waals surface area contributed by atoms with E-state index in [0.717, 1.165) is 16.7 Å². The van der Waals surface area contributed by atoms with Gasteiger partial charge in [0.1, 0.15) is 5.82 Å². The molecule has 0 fully saturated rings. The molecule has 2 aromatic carbocycles. The van der Waals surface area contributed by atoms with Gasteiger partial charge in [-0.3, -0.25) is 0 Å². The predicted molar refractivity (Wildman–Crippen MR) is 89.8 cm³/mol. The van der Waals surface area contributed by atoms with E-state index < -0.39 is 30.0 Å². The Kier molecular flexibility index (Phi) is 5.26. The number of ether oxygens (including phenoxy) is 1. The van der Waals surface area contributed by atoms with Crippen molar-refractivity contribution < 1.29 is 27.1 Å². The van der Waals surface area contributed by atoms with E-state index in [1.54, 1.807) is 17.8 Å². The maximum Gasteiger partial charge on any atom is 0.573 e. The molecule has 1 heterocycles. The van der Waals surface area contributed by atoms with E-state index in [0.29, 0.717) is 12.0 Å². The largest absolute Gasteiger partial charge is 0.573 e. The zero-order chi connectivity index (χ0) is 18.7. The van der Waals surface area contributed by atoms with Crippen molar-refractivity contribution in [3.63, 3.8) is 0 Å². The first-order valence-corrected chi connectivity index (χ1v) is 8.65. The maximum atomic E-state index is 13.5. The molecule has 0 spiro atoms. The van der Waals surface area contributed by atoms with E-state index in [1.807, 2.05) is 0 Å². The zero-order valence-corrected chi connectivity index (χ0v) is 14.1. The van der Waals surface area contributed by atoms with Crippen LogP contribution in [0.1, 0.15) is 18.0 Å². The predicted octanol–water partition coefficient (Wildman–Crippen LogP) is 5.08. The lowest BCUT2D eigenvalue weighted by Gasteiger charge is -2.26. The first kappa shape index (κ1) is 18.4. The Morgan fingerprint density at radius 2 is 1.96 bits per heavy atom. The van der Waals surface area contributed by atoms with Gasteiger partial charge >= 0.3 is 12.4 Å². The summed E-state index contributed by atoms with van der Waals surface area (Å²) in [4.78, 5) is 13.1. The van der Waals surface area contributed by atoms with Crippen molar-refractivity contribution in [1.82, 2.24) is 5.32 Å². The average molecular weight is 386 g/mol. The molecule has 1 aliphatic rings. The monoisotopic (exact) mass is 386 g/mol. The van der Waals surface area contributed by atoms with Crippen LogP contribution in [0.15, 0.2) is 47.4 Å². The van der Waals surface area contributed by atoms with Crippen LogP contribution in [0.25, 0.3) is 0 Å². The van der Waals surface area contributed by atoms with Crippen LogP contribution < -0.4 is 15.4 Å². The van der Waals surface area contributed by atoms with Crippen molar-refractivity contribution in [1.29, 1.82) is 0 Å². The van der Waals surface area contributed by atoms with Gasteiger partial charge in [0.2, 0.25) is 0 Å². The van der Waals surface area contributed by atoms with Crippen LogP contribution in [0.5, 0.6) is 5.75 Å². The summed E-state index contributed by atoms with van der Waals surface area (Å²) >= 11 is 1.56. The van der Waals surface area contributed by atoms with Crippen molar-refractivity contribution in [2.24, 2.45) is 0 Å². The van der Waals surface area contributed by atoms with Gasteiger partial charge in [-0.2, -0.15) is 0 Å². The minimum atomic E-state index is -4.87. The fraction of sp³-hybridized carbons (Fsp3) is 0.235. The zero-order valence-electron chi connectivity index (χ0n) is 13.3. The first-order valence-electron chi connectivity index (χ1n) is 7.66. The Hall–Kier alpha value is -2.42. The fourth-order valence-electron chi connectivity index (χ4n) is 2.62. The molecule has 0 radical (unpaired) electrons. The van der Waals surface area contributed by atoms with Crippen LogP contribution in [0.4, 0.5) is 28.0 Å². The summed E-state index contributed by atoms with van der Waals surface area (Å²) in [5.74, 6) is -0.194. The second-order valence-corrected chi connectivity index (χ2v) is 6.65. The summed E-state index contributed by atoms with van der Waals surface area (Å²) in [6, 6.07) is 8.45. The highest BCUT2D eigenvalue weighted by atomic mass is 32.2. The summed E-state index contributed by atoms with van der Waals surface area (Å²) in [6.07, 6.45) is -4.29. The number of hydrogen-bond donors (Lipinski definition) is 2. The molecule has 3 rings (SSSR count). The number of rotatable bonds is 3. The molecule has 1 aliphatic heterocycles. The van der Waals surface area contributed by atoms with Crippen LogP contribution in [-0.2, 0) is 0 Å². The van der Waals surface area contributed by atoms with Gasteiger partial charge < -0.3 is 15.4 Å². The van der Waals surface area contributed by atoms with Gasteiger partial charge in [-0.1, -0.05) is 12.1 Å². The van der Waals surface area contributed by atoms with Crippen molar-refractivity contribution in [3.05, 3.63) is 53.8 Å². The number of thioether (sulfide) groups is 1. The third-order valence-electron chi connectivity index (χ3n) is 3.68. The standard InChI is InChI=1S/C17H14F4N2O2S/c18-10-5-6-15-11(9-10)12(7-8-26-15)22-16(24)23-13-3-1-2-4-14(13)25-17(19,20)21/h1-6,9,12H,7-8H2,(H2,22,23,24). The third kappa shape index (κ3) is 4.60. The topological polar surface area (TPSA) is 50.4 Å². The highest BCUT2D eigenvalue weighted by Gasteiger charge is 2.32. The van der Waals surface area contributed by atoms with Gasteiger partial charge in [0.15, 0.2) is 5.75 Å². The molecule has 9 heteroatoms. The minimum Gasteiger partial charge on any atom is -0.404 e. The number of urea groups is 1. The minimum absolute atomic E-state index is 0.119. The Morgan fingerprint density at radius 1 is 1.19 bits per heavy atom. The molecule has 2 amide bonds. The molecule has 0 saturated carbocycles. The Balaban J connectivity index is 1.72. The maximum absolute atomic E-state index is 13.5. The molecule has 0 aliphatic carbocycles. The average Bonchev–Trinajstić information content (AvgIpc) is 2.56. The molecule has 1 unspecified atom stereocenters. The molecular formula is C17H14F4N2O2S. The lowest BCUT2D eigenvalue weighted by atomic mass is 10.0. The summed E-state index contributed by atoms with van der Waals surface area (Å²) in [6.45, 7) is 0. The van der Waals surface area contributed by atoms with Crippen LogP contribution >= 0.6 is 11.8 Å². The van der Waals surface area contributed by atoms with E-state index in [4.69, 9.17) is 0 Å². The molecular weight excluding hydrogens is 372 g/mol. The number of anilines is 1. The summed E-state index contributed by atoms with van der Waals surface area (Å²) in [5.41, 5.74) is 0.531. The number of carbonyl (C=O) groups is 1. The molecule has 2 N–H and O–H groups in total. The molecule has 4 nitrogen and oxygen atoms in total. The van der Waals surface area contributed by atoms with Crippen molar-refractivity contribution in [3.8, 4) is 5.75 Å². The second kappa shape index (κ2) is 7.45. The van der Waals surface area contributed by atoms with E-state index in [1.165, 1.54) is 30.3 Å².